The van der Waals surface area contributed by atoms with E-state index in [0.717, 1.165) is 0 Å². The van der Waals surface area contributed by atoms with E-state index in [2.05, 4.69) is 5.32 Å². The first-order valence-electron chi connectivity index (χ1n) is 2.83. The van der Waals surface area contributed by atoms with E-state index in [1.165, 1.54) is 0 Å². The second-order valence-corrected chi connectivity index (χ2v) is 2.41. The van der Waals surface area contributed by atoms with Gasteiger partial charge in [0.1, 0.15) is 5.54 Å². The van der Waals surface area contributed by atoms with E-state index < -0.39 is 11.5 Å². The van der Waals surface area contributed by atoms with Crippen molar-refractivity contribution in [2.75, 3.05) is 6.54 Å². The maximum atomic E-state index is 10.6. The summed E-state index contributed by atoms with van der Waals surface area (Å²) in [5.74, 6) is -1.42. The monoisotopic (exact) mass is 144 g/mol. The van der Waals surface area contributed by atoms with Gasteiger partial charge in [-0.2, -0.15) is 0 Å². The molecule has 0 aromatic carbocycles. The van der Waals surface area contributed by atoms with Crippen LogP contribution in [0.15, 0.2) is 0 Å². The molecule has 56 valence electrons. The molecule has 1 saturated heterocycles. The summed E-state index contributed by atoms with van der Waals surface area (Å²) in [6.45, 7) is 0.262. The van der Waals surface area contributed by atoms with Crippen molar-refractivity contribution in [1.29, 1.82) is 0 Å². The van der Waals surface area contributed by atoms with Crippen LogP contribution < -0.4 is 11.1 Å². The maximum absolute atomic E-state index is 10.6. The Labute approximate surface area is 57.2 Å². The molecule has 1 heterocycles. The zero-order chi connectivity index (χ0) is 7.78. The minimum atomic E-state index is -1.15. The zero-order valence-corrected chi connectivity index (χ0v) is 5.26. The Bertz CT molecular complexity index is 191. The molecule has 0 aromatic heterocycles. The lowest BCUT2D eigenvalue weighted by molar-refractivity contribution is -0.145. The fourth-order valence-corrected chi connectivity index (χ4v) is 0.800. The molecular formula is C5H8N2O3. The van der Waals surface area contributed by atoms with Gasteiger partial charge in [0, 0.05) is 6.54 Å². The lowest BCUT2D eigenvalue weighted by Crippen LogP contribution is -2.70. The molecule has 0 saturated carbocycles. The number of nitrogens with one attached hydrogen (secondary N) is 1. The van der Waals surface area contributed by atoms with E-state index in [-0.39, 0.29) is 18.9 Å². The average molecular weight is 144 g/mol. The predicted octanol–water partition coefficient (Wildman–Crippen LogP) is -1.71. The fraction of sp³-hybridized carbons (Fsp3) is 0.600. The van der Waals surface area contributed by atoms with Crippen LogP contribution in [0.2, 0.25) is 0 Å². The van der Waals surface area contributed by atoms with Crippen molar-refractivity contribution < 1.29 is 14.7 Å². The Morgan fingerprint density at radius 3 is 2.60 bits per heavy atom. The maximum Gasteiger partial charge on any atom is 0.305 e. The molecule has 1 rings (SSSR count). The quantitative estimate of drug-likeness (QED) is 0.402. The van der Waals surface area contributed by atoms with Gasteiger partial charge in [-0.3, -0.25) is 9.59 Å². The molecule has 1 aliphatic heterocycles. The van der Waals surface area contributed by atoms with Crippen molar-refractivity contribution in [2.24, 2.45) is 5.73 Å². The third-order valence-corrected chi connectivity index (χ3v) is 1.48. The summed E-state index contributed by atoms with van der Waals surface area (Å²) in [7, 11) is 0. The molecule has 0 aliphatic carbocycles. The van der Waals surface area contributed by atoms with Crippen LogP contribution >= 0.6 is 0 Å². The molecule has 1 amide bonds. The molecule has 1 atom stereocenters. The molecule has 0 spiro atoms. The first-order valence-corrected chi connectivity index (χ1v) is 2.83. The number of carboxylic acid groups (broad SMARTS) is 1. The van der Waals surface area contributed by atoms with Crippen molar-refractivity contribution >= 4 is 11.9 Å². The van der Waals surface area contributed by atoms with Crippen LogP contribution in [0.25, 0.3) is 0 Å². The van der Waals surface area contributed by atoms with Gasteiger partial charge in [0.2, 0.25) is 5.91 Å². The second-order valence-electron chi connectivity index (χ2n) is 2.41. The first-order chi connectivity index (χ1) is 4.54. The van der Waals surface area contributed by atoms with Gasteiger partial charge in [-0.15, -0.1) is 0 Å². The van der Waals surface area contributed by atoms with Gasteiger partial charge in [-0.1, -0.05) is 0 Å². The second kappa shape index (κ2) is 1.95. The minimum Gasteiger partial charge on any atom is -0.481 e. The SMILES string of the molecule is NC1(CC(=O)O)CNC1=O. The third-order valence-electron chi connectivity index (χ3n) is 1.48. The van der Waals surface area contributed by atoms with E-state index in [1.807, 2.05) is 0 Å². The Morgan fingerprint density at radius 1 is 1.90 bits per heavy atom. The number of aliphatic carboxylic acids is 1. The predicted molar refractivity (Wildman–Crippen MR) is 32.2 cm³/mol. The van der Waals surface area contributed by atoms with Crippen LogP contribution in [0.4, 0.5) is 0 Å². The average Bonchev–Trinajstić information content (AvgIpc) is 1.84. The summed E-state index contributed by atoms with van der Waals surface area (Å²) in [6.07, 6.45) is -0.293. The molecule has 5 heteroatoms. The lowest BCUT2D eigenvalue weighted by atomic mass is 9.89. The highest BCUT2D eigenvalue weighted by Crippen LogP contribution is 2.12. The van der Waals surface area contributed by atoms with E-state index in [0.29, 0.717) is 0 Å². The zero-order valence-electron chi connectivity index (χ0n) is 5.26. The van der Waals surface area contributed by atoms with Gasteiger partial charge in [-0.25, -0.2) is 0 Å². The van der Waals surface area contributed by atoms with Crippen molar-refractivity contribution in [2.45, 2.75) is 12.0 Å². The summed E-state index contributed by atoms with van der Waals surface area (Å²) < 4.78 is 0. The molecule has 10 heavy (non-hydrogen) atoms. The van der Waals surface area contributed by atoms with Gasteiger partial charge >= 0.3 is 5.97 Å². The van der Waals surface area contributed by atoms with Crippen LogP contribution in [0.1, 0.15) is 6.42 Å². The van der Waals surface area contributed by atoms with Crippen LogP contribution in [-0.2, 0) is 9.59 Å². The largest absolute Gasteiger partial charge is 0.481 e. The van der Waals surface area contributed by atoms with Gasteiger partial charge < -0.3 is 16.2 Å². The number of β-lactam (4-membered cyclic amide) rings is 1. The topological polar surface area (TPSA) is 92.4 Å². The normalized spacial score (nSPS) is 30.7. The number of rotatable bonds is 2. The minimum absolute atomic E-state index is 0.262. The molecular weight excluding hydrogens is 136 g/mol. The number of hydrogen-bond donors (Lipinski definition) is 3. The Hall–Kier alpha value is -1.10. The summed E-state index contributed by atoms with van der Waals surface area (Å²) in [6, 6.07) is 0. The van der Waals surface area contributed by atoms with E-state index in [9.17, 15) is 9.59 Å². The van der Waals surface area contributed by atoms with Crippen LogP contribution in [0.5, 0.6) is 0 Å². The number of carbonyl (C=O) groups excluding carboxylic acids is 1. The molecule has 5 nitrogen and oxygen atoms in total. The van der Waals surface area contributed by atoms with Crippen LogP contribution in [-0.4, -0.2) is 29.1 Å². The van der Waals surface area contributed by atoms with Crippen LogP contribution in [0, 0.1) is 0 Å². The first kappa shape index (κ1) is 7.01. The lowest BCUT2D eigenvalue weighted by Gasteiger charge is -2.35. The summed E-state index contributed by atoms with van der Waals surface area (Å²) in [5, 5.41) is 10.6. The van der Waals surface area contributed by atoms with Crippen molar-refractivity contribution in [3.63, 3.8) is 0 Å². The third kappa shape index (κ3) is 0.950. The molecule has 1 unspecified atom stereocenters. The van der Waals surface area contributed by atoms with E-state index in [4.69, 9.17) is 10.8 Å². The van der Waals surface area contributed by atoms with Gasteiger partial charge in [0.15, 0.2) is 0 Å². The highest BCUT2D eigenvalue weighted by molar-refractivity contribution is 5.95. The van der Waals surface area contributed by atoms with E-state index in [1.54, 1.807) is 0 Å². The Kier molecular flexibility index (Phi) is 1.37. The standard InChI is InChI=1S/C5H8N2O3/c6-5(1-3(8)9)2-7-4(5)10/h1-2,6H2,(H,7,10)(H,8,9). The molecule has 0 radical (unpaired) electrons. The number of hydrogen-bond acceptors (Lipinski definition) is 3. The van der Waals surface area contributed by atoms with Crippen LogP contribution in [0.3, 0.4) is 0 Å². The smallest absolute Gasteiger partial charge is 0.305 e. The Balaban J connectivity index is 2.53. The summed E-state index contributed by atoms with van der Waals surface area (Å²) >= 11 is 0. The number of amides is 1. The molecule has 1 fully saturated rings. The number of carbonyl (C=O) groups is 2. The number of nitrogens with two attached hydrogens (primary N) is 1. The van der Waals surface area contributed by atoms with Gasteiger partial charge in [0.05, 0.1) is 6.42 Å². The molecule has 0 aromatic rings. The Morgan fingerprint density at radius 2 is 2.50 bits per heavy atom. The highest BCUT2D eigenvalue weighted by atomic mass is 16.4. The van der Waals surface area contributed by atoms with Crippen molar-refractivity contribution in [3.8, 4) is 0 Å². The highest BCUT2D eigenvalue weighted by Gasteiger charge is 2.44. The summed E-state index contributed by atoms with van der Waals surface area (Å²) in [4.78, 5) is 20.7. The van der Waals surface area contributed by atoms with Gasteiger partial charge in [0.25, 0.3) is 0 Å². The van der Waals surface area contributed by atoms with Crippen molar-refractivity contribution in [1.82, 2.24) is 5.32 Å². The molecule has 1 aliphatic rings. The van der Waals surface area contributed by atoms with E-state index >= 15 is 0 Å². The molecule has 0 bridgehead atoms. The molecule has 4 N–H and O–H groups in total. The van der Waals surface area contributed by atoms with Crippen molar-refractivity contribution in [3.05, 3.63) is 0 Å². The number of carboxylic acids is 1. The van der Waals surface area contributed by atoms with Gasteiger partial charge in [-0.05, 0) is 0 Å². The fourth-order valence-electron chi connectivity index (χ4n) is 0.800. The summed E-state index contributed by atoms with van der Waals surface area (Å²) in [5.41, 5.74) is 4.21.